The van der Waals surface area contributed by atoms with E-state index >= 15 is 0 Å². The van der Waals surface area contributed by atoms with Crippen LogP contribution in [0.15, 0.2) is 30.3 Å². The summed E-state index contributed by atoms with van der Waals surface area (Å²) in [5, 5.41) is 0. The highest BCUT2D eigenvalue weighted by Crippen LogP contribution is 2.32. The van der Waals surface area contributed by atoms with E-state index in [0.29, 0.717) is 0 Å². The van der Waals surface area contributed by atoms with Crippen LogP contribution in [0.3, 0.4) is 0 Å². The number of hydrogen-bond acceptors (Lipinski definition) is 2. The van der Waals surface area contributed by atoms with Crippen molar-refractivity contribution in [3.05, 3.63) is 35.9 Å². The summed E-state index contributed by atoms with van der Waals surface area (Å²) in [6, 6.07) is 10.1. The molecule has 2 N–H and O–H groups in total. The van der Waals surface area contributed by atoms with Crippen LogP contribution in [-0.4, -0.2) is 23.4 Å². The first-order valence-electron chi connectivity index (χ1n) is 6.72. The van der Waals surface area contributed by atoms with Crippen molar-refractivity contribution in [2.45, 2.75) is 38.8 Å². The molecule has 98 valence electrons. The molecule has 2 atom stereocenters. The van der Waals surface area contributed by atoms with Gasteiger partial charge < -0.3 is 10.6 Å². The monoisotopic (exact) mass is 246 g/mol. The molecule has 3 heteroatoms. The Labute approximate surface area is 109 Å². The van der Waals surface area contributed by atoms with Gasteiger partial charge in [0.05, 0.1) is 12.1 Å². The third kappa shape index (κ3) is 2.56. The molecule has 0 aromatic heterocycles. The van der Waals surface area contributed by atoms with Crippen molar-refractivity contribution in [2.24, 2.45) is 11.7 Å². The molecule has 1 amide bonds. The van der Waals surface area contributed by atoms with Gasteiger partial charge in [-0.25, -0.2) is 0 Å². The number of likely N-dealkylation sites (tertiary alicyclic amines) is 1. The van der Waals surface area contributed by atoms with E-state index in [1.807, 2.05) is 36.9 Å². The van der Waals surface area contributed by atoms with Gasteiger partial charge >= 0.3 is 0 Å². The van der Waals surface area contributed by atoms with Crippen LogP contribution >= 0.6 is 0 Å². The van der Waals surface area contributed by atoms with Crippen LogP contribution < -0.4 is 5.73 Å². The van der Waals surface area contributed by atoms with E-state index < -0.39 is 0 Å². The fourth-order valence-corrected chi connectivity index (χ4v) is 2.53. The molecule has 0 radical (unpaired) electrons. The van der Waals surface area contributed by atoms with E-state index in [4.69, 9.17) is 5.73 Å². The maximum atomic E-state index is 12.4. The number of amides is 1. The van der Waals surface area contributed by atoms with Gasteiger partial charge in [-0.3, -0.25) is 4.79 Å². The molecule has 18 heavy (non-hydrogen) atoms. The van der Waals surface area contributed by atoms with Crippen molar-refractivity contribution in [2.75, 3.05) is 6.54 Å². The Kier molecular flexibility index (Phi) is 4.02. The van der Waals surface area contributed by atoms with Crippen molar-refractivity contribution in [1.82, 2.24) is 4.90 Å². The Balaban J connectivity index is 2.15. The van der Waals surface area contributed by atoms with Gasteiger partial charge in [-0.15, -0.1) is 0 Å². The zero-order valence-electron chi connectivity index (χ0n) is 11.2. The molecule has 0 saturated carbocycles. The number of benzene rings is 1. The van der Waals surface area contributed by atoms with Gasteiger partial charge in [-0.2, -0.15) is 0 Å². The fraction of sp³-hybridized carbons (Fsp3) is 0.533. The zero-order chi connectivity index (χ0) is 13.1. The molecular weight excluding hydrogens is 224 g/mol. The standard InChI is InChI=1S/C15H22N2O/c1-11(2)14(16)15(18)17-10-6-9-13(17)12-7-4-3-5-8-12/h3-5,7-8,11,13-14H,6,9-10,16H2,1-2H3/t13?,14-/m1/s1. The average molecular weight is 246 g/mol. The highest BCUT2D eigenvalue weighted by Gasteiger charge is 2.33. The minimum Gasteiger partial charge on any atom is -0.334 e. The van der Waals surface area contributed by atoms with Crippen LogP contribution in [0.2, 0.25) is 0 Å². The SMILES string of the molecule is CC(C)[C@@H](N)C(=O)N1CCCC1c1ccccc1. The van der Waals surface area contributed by atoms with E-state index in [9.17, 15) is 4.79 Å². The summed E-state index contributed by atoms with van der Waals surface area (Å²) in [6.45, 7) is 4.82. The predicted molar refractivity (Wildman–Crippen MR) is 72.9 cm³/mol. The summed E-state index contributed by atoms with van der Waals surface area (Å²) in [7, 11) is 0. The third-order valence-electron chi connectivity index (χ3n) is 3.72. The summed E-state index contributed by atoms with van der Waals surface area (Å²) in [5.41, 5.74) is 7.21. The Morgan fingerprint density at radius 3 is 2.61 bits per heavy atom. The molecule has 1 saturated heterocycles. The van der Waals surface area contributed by atoms with Gasteiger partial charge in [0.1, 0.15) is 0 Å². The summed E-state index contributed by atoms with van der Waals surface area (Å²) in [4.78, 5) is 14.3. The van der Waals surface area contributed by atoms with Crippen LogP contribution in [0.25, 0.3) is 0 Å². The van der Waals surface area contributed by atoms with E-state index in [0.717, 1.165) is 19.4 Å². The van der Waals surface area contributed by atoms with Crippen LogP contribution in [0.5, 0.6) is 0 Å². The van der Waals surface area contributed by atoms with Gasteiger partial charge in [0.15, 0.2) is 0 Å². The largest absolute Gasteiger partial charge is 0.334 e. The number of rotatable bonds is 3. The quantitative estimate of drug-likeness (QED) is 0.889. The number of carbonyl (C=O) groups is 1. The number of nitrogens with zero attached hydrogens (tertiary/aromatic N) is 1. The molecule has 0 aliphatic carbocycles. The Morgan fingerprint density at radius 1 is 1.33 bits per heavy atom. The van der Waals surface area contributed by atoms with Crippen LogP contribution in [0, 0.1) is 5.92 Å². The van der Waals surface area contributed by atoms with Crippen molar-refractivity contribution < 1.29 is 4.79 Å². The first-order chi connectivity index (χ1) is 8.61. The van der Waals surface area contributed by atoms with Gasteiger partial charge in [-0.1, -0.05) is 44.2 Å². The van der Waals surface area contributed by atoms with E-state index in [1.165, 1.54) is 5.56 Å². The maximum Gasteiger partial charge on any atom is 0.240 e. The van der Waals surface area contributed by atoms with Gasteiger partial charge in [0.2, 0.25) is 5.91 Å². The molecule has 1 aliphatic rings. The Hall–Kier alpha value is -1.35. The lowest BCUT2D eigenvalue weighted by Gasteiger charge is -2.29. The van der Waals surface area contributed by atoms with Gasteiger partial charge in [-0.05, 0) is 24.3 Å². The molecule has 1 unspecified atom stereocenters. The van der Waals surface area contributed by atoms with E-state index in [1.54, 1.807) is 0 Å². The molecule has 1 aromatic rings. The average Bonchev–Trinajstić information content (AvgIpc) is 2.87. The topological polar surface area (TPSA) is 46.3 Å². The molecule has 1 heterocycles. The van der Waals surface area contributed by atoms with Crippen molar-refractivity contribution in [3.8, 4) is 0 Å². The minimum atomic E-state index is -0.380. The normalized spacial score (nSPS) is 21.3. The molecule has 0 bridgehead atoms. The lowest BCUT2D eigenvalue weighted by molar-refractivity contribution is -0.134. The number of nitrogens with two attached hydrogens (primary N) is 1. The van der Waals surface area contributed by atoms with Crippen LogP contribution in [-0.2, 0) is 4.79 Å². The smallest absolute Gasteiger partial charge is 0.240 e. The zero-order valence-corrected chi connectivity index (χ0v) is 11.2. The summed E-state index contributed by atoms with van der Waals surface area (Å²) >= 11 is 0. The van der Waals surface area contributed by atoms with Crippen molar-refractivity contribution >= 4 is 5.91 Å². The highest BCUT2D eigenvalue weighted by molar-refractivity contribution is 5.82. The van der Waals surface area contributed by atoms with Crippen LogP contribution in [0.4, 0.5) is 0 Å². The second-order valence-corrected chi connectivity index (χ2v) is 5.37. The fourth-order valence-electron chi connectivity index (χ4n) is 2.53. The first kappa shape index (κ1) is 13.1. The minimum absolute atomic E-state index is 0.0938. The molecule has 1 aromatic carbocycles. The second-order valence-electron chi connectivity index (χ2n) is 5.37. The third-order valence-corrected chi connectivity index (χ3v) is 3.72. The lowest BCUT2D eigenvalue weighted by atomic mass is 10.0. The Morgan fingerprint density at radius 2 is 2.00 bits per heavy atom. The van der Waals surface area contributed by atoms with E-state index in [-0.39, 0.29) is 23.9 Å². The second kappa shape index (κ2) is 5.53. The highest BCUT2D eigenvalue weighted by atomic mass is 16.2. The van der Waals surface area contributed by atoms with Crippen LogP contribution in [0.1, 0.15) is 38.3 Å². The summed E-state index contributed by atoms with van der Waals surface area (Å²) in [5.74, 6) is 0.283. The van der Waals surface area contributed by atoms with Gasteiger partial charge in [0.25, 0.3) is 0 Å². The molecule has 1 fully saturated rings. The Bertz CT molecular complexity index is 402. The molecule has 2 rings (SSSR count). The lowest BCUT2D eigenvalue weighted by Crippen LogP contribution is -2.46. The van der Waals surface area contributed by atoms with Gasteiger partial charge in [0, 0.05) is 6.54 Å². The van der Waals surface area contributed by atoms with E-state index in [2.05, 4.69) is 12.1 Å². The van der Waals surface area contributed by atoms with Crippen molar-refractivity contribution in [3.63, 3.8) is 0 Å². The molecule has 0 spiro atoms. The number of hydrogen-bond donors (Lipinski definition) is 1. The molecule has 3 nitrogen and oxygen atoms in total. The van der Waals surface area contributed by atoms with Crippen molar-refractivity contribution in [1.29, 1.82) is 0 Å². The predicted octanol–water partition coefficient (Wildman–Crippen LogP) is 2.33. The maximum absolute atomic E-state index is 12.4. The molecule has 1 aliphatic heterocycles. The first-order valence-corrected chi connectivity index (χ1v) is 6.72. The summed E-state index contributed by atoms with van der Waals surface area (Å²) in [6.07, 6.45) is 2.11. The summed E-state index contributed by atoms with van der Waals surface area (Å²) < 4.78 is 0. The number of carbonyl (C=O) groups excluding carboxylic acids is 1. The molecular formula is C15H22N2O.